The Morgan fingerprint density at radius 3 is 2.50 bits per heavy atom. The third kappa shape index (κ3) is 2.91. The van der Waals surface area contributed by atoms with Gasteiger partial charge in [0, 0.05) is 6.07 Å². The van der Waals surface area contributed by atoms with Gasteiger partial charge in [0.2, 0.25) is 15.8 Å². The van der Waals surface area contributed by atoms with E-state index in [1.165, 1.54) is 6.92 Å². The Morgan fingerprint density at radius 2 is 2.00 bits per heavy atom. The number of carboxylic acid groups (broad SMARTS) is 1. The van der Waals surface area contributed by atoms with Gasteiger partial charge in [0.05, 0.1) is 6.54 Å². The highest BCUT2D eigenvalue weighted by atomic mass is 32.2. The normalized spacial score (nSPS) is 11.7. The maximum absolute atomic E-state index is 12.1. The maximum Gasteiger partial charge on any atom is 0.371 e. The monoisotopic (exact) mass is 299 g/mol. The van der Waals surface area contributed by atoms with Crippen molar-refractivity contribution in [3.8, 4) is 0 Å². The van der Waals surface area contributed by atoms with Crippen LogP contribution in [0.5, 0.6) is 0 Å². The zero-order chi connectivity index (χ0) is 14.9. The Labute approximate surface area is 115 Å². The zero-order valence-electron chi connectivity index (χ0n) is 10.8. The van der Waals surface area contributed by atoms with E-state index in [-0.39, 0.29) is 17.2 Å². The maximum atomic E-state index is 12.1. The smallest absolute Gasteiger partial charge is 0.371 e. The van der Waals surface area contributed by atoms with Crippen LogP contribution in [0.1, 0.15) is 27.8 Å². The first-order valence-electron chi connectivity index (χ1n) is 5.68. The van der Waals surface area contributed by atoms with Gasteiger partial charge in [0.1, 0.15) is 22.2 Å². The van der Waals surface area contributed by atoms with Crippen LogP contribution in [0.2, 0.25) is 0 Å². The second kappa shape index (κ2) is 5.14. The lowest BCUT2D eigenvalue weighted by atomic mass is 10.4. The predicted molar refractivity (Wildman–Crippen MR) is 67.9 cm³/mol. The molecule has 0 aliphatic carbocycles. The molecule has 2 N–H and O–H groups in total. The molecule has 7 nitrogen and oxygen atoms in total. The number of nitrogens with one attached hydrogen (secondary N) is 1. The van der Waals surface area contributed by atoms with Crippen molar-refractivity contribution in [1.29, 1.82) is 0 Å². The average Bonchev–Trinajstić information content (AvgIpc) is 2.93. The Bertz CT molecular complexity index is 740. The minimum Gasteiger partial charge on any atom is -0.475 e. The average molecular weight is 299 g/mol. The fourth-order valence-electron chi connectivity index (χ4n) is 1.66. The minimum atomic E-state index is -3.86. The van der Waals surface area contributed by atoms with Gasteiger partial charge in [-0.05, 0) is 26.0 Å². The molecule has 0 aromatic carbocycles. The quantitative estimate of drug-likeness (QED) is 0.869. The van der Waals surface area contributed by atoms with Crippen LogP contribution in [-0.4, -0.2) is 19.5 Å². The highest BCUT2D eigenvalue weighted by Gasteiger charge is 2.23. The number of carbonyl (C=O) groups is 1. The second-order valence-electron chi connectivity index (χ2n) is 4.17. The van der Waals surface area contributed by atoms with Gasteiger partial charge in [-0.2, -0.15) is 0 Å². The van der Waals surface area contributed by atoms with Crippen LogP contribution in [0, 0.1) is 13.8 Å². The molecule has 0 atom stereocenters. The van der Waals surface area contributed by atoms with E-state index < -0.39 is 21.8 Å². The van der Waals surface area contributed by atoms with Crippen LogP contribution in [0.3, 0.4) is 0 Å². The molecule has 0 saturated carbocycles. The summed E-state index contributed by atoms with van der Waals surface area (Å²) in [4.78, 5) is 10.6. The first-order chi connectivity index (χ1) is 9.29. The van der Waals surface area contributed by atoms with Crippen LogP contribution in [0.25, 0.3) is 0 Å². The molecule has 2 rings (SSSR count). The first-order valence-corrected chi connectivity index (χ1v) is 7.16. The van der Waals surface area contributed by atoms with Gasteiger partial charge in [-0.15, -0.1) is 0 Å². The molecule has 0 spiro atoms. The number of aryl methyl sites for hydroxylation is 2. The summed E-state index contributed by atoms with van der Waals surface area (Å²) in [5, 5.41) is 8.78. The van der Waals surface area contributed by atoms with Crippen molar-refractivity contribution < 1.29 is 27.2 Å². The topological polar surface area (TPSA) is 110 Å². The van der Waals surface area contributed by atoms with Gasteiger partial charge >= 0.3 is 5.97 Å². The van der Waals surface area contributed by atoms with E-state index >= 15 is 0 Å². The van der Waals surface area contributed by atoms with Crippen LogP contribution >= 0.6 is 0 Å². The second-order valence-corrected chi connectivity index (χ2v) is 5.91. The van der Waals surface area contributed by atoms with E-state index in [0.717, 1.165) is 6.07 Å². The predicted octanol–water partition coefficient (Wildman–Crippen LogP) is 1.67. The third-order valence-electron chi connectivity index (χ3n) is 2.60. The molecule has 2 aromatic heterocycles. The molecule has 0 unspecified atom stereocenters. The summed E-state index contributed by atoms with van der Waals surface area (Å²) in [6.07, 6.45) is 0. The highest BCUT2D eigenvalue weighted by Crippen LogP contribution is 2.20. The number of rotatable bonds is 5. The van der Waals surface area contributed by atoms with Crippen LogP contribution in [0.4, 0.5) is 0 Å². The van der Waals surface area contributed by atoms with Crippen molar-refractivity contribution in [2.75, 3.05) is 0 Å². The molecule has 8 heteroatoms. The van der Waals surface area contributed by atoms with Crippen molar-refractivity contribution in [3.63, 3.8) is 0 Å². The molecule has 0 aliphatic heterocycles. The Hall–Kier alpha value is -2.06. The van der Waals surface area contributed by atoms with Crippen molar-refractivity contribution in [2.24, 2.45) is 0 Å². The summed E-state index contributed by atoms with van der Waals surface area (Å²) in [7, 11) is -3.86. The number of hydrogen-bond acceptors (Lipinski definition) is 5. The molecule has 108 valence electrons. The van der Waals surface area contributed by atoms with Crippen molar-refractivity contribution in [2.45, 2.75) is 25.3 Å². The molecule has 0 amide bonds. The molecule has 0 radical (unpaired) electrons. The molecule has 20 heavy (non-hydrogen) atoms. The third-order valence-corrected chi connectivity index (χ3v) is 4.11. The molecular weight excluding hydrogens is 286 g/mol. The van der Waals surface area contributed by atoms with Gasteiger partial charge in [-0.3, -0.25) is 0 Å². The number of carboxylic acids is 1. The summed E-state index contributed by atoms with van der Waals surface area (Å²) in [5.41, 5.74) is 0. The summed E-state index contributed by atoms with van der Waals surface area (Å²) in [5.74, 6) is -0.587. The van der Waals surface area contributed by atoms with E-state index in [9.17, 15) is 13.2 Å². The minimum absolute atomic E-state index is 0.0190. The van der Waals surface area contributed by atoms with E-state index in [1.807, 2.05) is 0 Å². The SMILES string of the molecule is Cc1ccc(CNS(=O)(=O)c2cc(C(=O)O)oc2C)o1. The van der Waals surface area contributed by atoms with Crippen LogP contribution < -0.4 is 4.72 Å². The van der Waals surface area contributed by atoms with E-state index in [2.05, 4.69) is 4.72 Å². The van der Waals surface area contributed by atoms with E-state index in [4.69, 9.17) is 13.9 Å². The van der Waals surface area contributed by atoms with Crippen molar-refractivity contribution in [1.82, 2.24) is 4.72 Å². The summed E-state index contributed by atoms with van der Waals surface area (Å²) >= 11 is 0. The molecule has 2 aromatic rings. The number of furan rings is 2. The number of hydrogen-bond donors (Lipinski definition) is 2. The van der Waals surface area contributed by atoms with Gasteiger partial charge in [0.15, 0.2) is 0 Å². The Kier molecular flexibility index (Phi) is 3.69. The summed E-state index contributed by atoms with van der Waals surface area (Å²) in [6.45, 7) is 3.11. The fourth-order valence-corrected chi connectivity index (χ4v) is 2.83. The standard InChI is InChI=1S/C12H13NO6S/c1-7-3-4-9(18-7)6-13-20(16,17)11-5-10(12(14)15)19-8(11)2/h3-5,13H,6H2,1-2H3,(H,14,15). The lowest BCUT2D eigenvalue weighted by Crippen LogP contribution is -2.23. The summed E-state index contributed by atoms with van der Waals surface area (Å²) < 4.78 is 36.6. The van der Waals surface area contributed by atoms with Crippen LogP contribution in [-0.2, 0) is 16.6 Å². The first kappa shape index (κ1) is 14.4. The van der Waals surface area contributed by atoms with Gasteiger partial charge in [0.25, 0.3) is 0 Å². The van der Waals surface area contributed by atoms with E-state index in [1.54, 1.807) is 19.1 Å². The lowest BCUT2D eigenvalue weighted by Gasteiger charge is -2.03. The molecule has 2 heterocycles. The molecule has 0 bridgehead atoms. The van der Waals surface area contributed by atoms with Crippen molar-refractivity contribution in [3.05, 3.63) is 41.2 Å². The lowest BCUT2D eigenvalue weighted by molar-refractivity contribution is 0.0661. The Balaban J connectivity index is 2.20. The van der Waals surface area contributed by atoms with Gasteiger partial charge in [-0.25, -0.2) is 17.9 Å². The molecular formula is C12H13NO6S. The fraction of sp³-hybridized carbons (Fsp3) is 0.250. The van der Waals surface area contributed by atoms with E-state index in [0.29, 0.717) is 11.5 Å². The van der Waals surface area contributed by atoms with Crippen molar-refractivity contribution >= 4 is 16.0 Å². The number of sulfonamides is 1. The Morgan fingerprint density at radius 1 is 1.30 bits per heavy atom. The van der Waals surface area contributed by atoms with Gasteiger partial charge in [-0.1, -0.05) is 0 Å². The molecule has 0 fully saturated rings. The van der Waals surface area contributed by atoms with Gasteiger partial charge < -0.3 is 13.9 Å². The largest absolute Gasteiger partial charge is 0.475 e. The number of aromatic carboxylic acids is 1. The zero-order valence-corrected chi connectivity index (χ0v) is 11.7. The highest BCUT2D eigenvalue weighted by molar-refractivity contribution is 7.89. The van der Waals surface area contributed by atoms with Crippen LogP contribution in [0.15, 0.2) is 31.9 Å². The summed E-state index contributed by atoms with van der Waals surface area (Å²) in [6, 6.07) is 4.35. The molecule has 0 aliphatic rings. The molecule has 0 saturated heterocycles.